The highest BCUT2D eigenvalue weighted by Gasteiger charge is 2.29. The molecule has 3 rings (SSSR count). The fourth-order valence-corrected chi connectivity index (χ4v) is 3.94. The van der Waals surface area contributed by atoms with Gasteiger partial charge in [0.2, 0.25) is 5.88 Å². The van der Waals surface area contributed by atoms with E-state index in [-0.39, 0.29) is 5.91 Å². The SMILES string of the molecule is CCCCOc1nc(C)cc(C)c1CN1CCc2ccc(Br)c(Cl)c2C1=O. The average molecular weight is 452 g/mol. The highest BCUT2D eigenvalue weighted by Crippen LogP contribution is 2.34. The lowest BCUT2D eigenvalue weighted by molar-refractivity contribution is 0.0725. The molecule has 1 amide bonds. The zero-order chi connectivity index (χ0) is 19.6. The standard InChI is InChI=1S/C21H24BrClN2O2/c1-4-5-10-27-20-16(13(2)11-14(3)24-20)12-25-9-8-15-6-7-17(22)19(23)18(15)21(25)26/h6-7,11H,4-5,8-10,12H2,1-3H3. The molecular weight excluding hydrogens is 428 g/mol. The Balaban J connectivity index is 1.89. The number of aromatic nitrogens is 1. The quantitative estimate of drug-likeness (QED) is 0.545. The van der Waals surface area contributed by atoms with Crippen LogP contribution < -0.4 is 4.74 Å². The van der Waals surface area contributed by atoms with Gasteiger partial charge in [0.1, 0.15) is 0 Å². The Morgan fingerprint density at radius 1 is 1.33 bits per heavy atom. The van der Waals surface area contributed by atoms with Gasteiger partial charge in [-0.15, -0.1) is 0 Å². The number of hydrogen-bond acceptors (Lipinski definition) is 3. The van der Waals surface area contributed by atoms with Gasteiger partial charge in [-0.1, -0.05) is 31.0 Å². The fraction of sp³-hybridized carbons (Fsp3) is 0.429. The predicted octanol–water partition coefficient (Wildman–Crippen LogP) is 5.49. The number of aryl methyl sites for hydroxylation is 2. The minimum absolute atomic E-state index is 0.0398. The molecule has 144 valence electrons. The Labute approximate surface area is 174 Å². The van der Waals surface area contributed by atoms with Crippen LogP contribution >= 0.6 is 27.5 Å². The molecule has 4 nitrogen and oxygen atoms in total. The first-order chi connectivity index (χ1) is 12.9. The lowest BCUT2D eigenvalue weighted by Crippen LogP contribution is -2.37. The van der Waals surface area contributed by atoms with Crippen LogP contribution in [0.25, 0.3) is 0 Å². The van der Waals surface area contributed by atoms with Gasteiger partial charge in [0, 0.05) is 22.3 Å². The van der Waals surface area contributed by atoms with Crippen molar-refractivity contribution in [1.82, 2.24) is 9.88 Å². The van der Waals surface area contributed by atoms with Crippen molar-refractivity contribution in [3.63, 3.8) is 0 Å². The second kappa shape index (κ2) is 8.61. The summed E-state index contributed by atoms with van der Waals surface area (Å²) in [5, 5.41) is 0.486. The second-order valence-electron chi connectivity index (χ2n) is 6.94. The smallest absolute Gasteiger partial charge is 0.256 e. The molecule has 0 spiro atoms. The van der Waals surface area contributed by atoms with Gasteiger partial charge in [0.05, 0.1) is 23.7 Å². The number of nitrogens with zero attached hydrogens (tertiary/aromatic N) is 2. The van der Waals surface area contributed by atoms with Crippen LogP contribution in [0, 0.1) is 13.8 Å². The summed E-state index contributed by atoms with van der Waals surface area (Å²) in [7, 11) is 0. The van der Waals surface area contributed by atoms with Gasteiger partial charge in [-0.2, -0.15) is 0 Å². The number of pyridine rings is 1. The predicted molar refractivity (Wildman–Crippen MR) is 112 cm³/mol. The van der Waals surface area contributed by atoms with Gasteiger partial charge in [0.15, 0.2) is 0 Å². The molecule has 27 heavy (non-hydrogen) atoms. The summed E-state index contributed by atoms with van der Waals surface area (Å²) in [5.74, 6) is 0.599. The van der Waals surface area contributed by atoms with Crippen LogP contribution in [0.4, 0.5) is 0 Å². The van der Waals surface area contributed by atoms with Gasteiger partial charge in [-0.05, 0) is 65.9 Å². The van der Waals surface area contributed by atoms with Crippen LogP contribution in [0.2, 0.25) is 5.02 Å². The van der Waals surface area contributed by atoms with Crippen molar-refractivity contribution in [2.45, 2.75) is 46.6 Å². The minimum atomic E-state index is -0.0398. The largest absolute Gasteiger partial charge is 0.477 e. The van der Waals surface area contributed by atoms with Crippen molar-refractivity contribution in [3.8, 4) is 5.88 Å². The van der Waals surface area contributed by atoms with Crippen LogP contribution in [0.1, 0.15) is 52.5 Å². The Kier molecular flexibility index (Phi) is 6.43. The van der Waals surface area contributed by atoms with Gasteiger partial charge in [-0.25, -0.2) is 4.98 Å². The molecule has 1 aliphatic heterocycles. The molecule has 0 radical (unpaired) electrons. The molecule has 1 aromatic heterocycles. The van der Waals surface area contributed by atoms with E-state index in [0.717, 1.165) is 46.1 Å². The van der Waals surface area contributed by atoms with Crippen molar-refractivity contribution in [3.05, 3.63) is 55.6 Å². The average Bonchev–Trinajstić information content (AvgIpc) is 2.62. The van der Waals surface area contributed by atoms with E-state index in [1.165, 1.54) is 0 Å². The van der Waals surface area contributed by atoms with E-state index in [9.17, 15) is 4.79 Å². The Bertz CT molecular complexity index is 870. The molecule has 0 atom stereocenters. The molecule has 6 heteroatoms. The number of rotatable bonds is 6. The molecule has 1 aromatic carbocycles. The highest BCUT2D eigenvalue weighted by molar-refractivity contribution is 9.10. The summed E-state index contributed by atoms with van der Waals surface area (Å²) in [5.41, 5.74) is 4.59. The summed E-state index contributed by atoms with van der Waals surface area (Å²) in [6.45, 7) is 7.90. The number of unbranched alkanes of at least 4 members (excludes halogenated alkanes) is 1. The third kappa shape index (κ3) is 4.30. The summed E-state index contributed by atoms with van der Waals surface area (Å²) < 4.78 is 6.69. The number of ether oxygens (including phenoxy) is 1. The molecule has 0 unspecified atom stereocenters. The maximum absolute atomic E-state index is 13.1. The third-order valence-corrected chi connectivity index (χ3v) is 6.14. The van der Waals surface area contributed by atoms with Crippen molar-refractivity contribution in [2.75, 3.05) is 13.2 Å². The molecule has 2 aromatic rings. The van der Waals surface area contributed by atoms with E-state index in [1.54, 1.807) is 0 Å². The fourth-order valence-electron chi connectivity index (χ4n) is 3.34. The van der Waals surface area contributed by atoms with Crippen LogP contribution in [0.3, 0.4) is 0 Å². The Morgan fingerprint density at radius 2 is 2.11 bits per heavy atom. The zero-order valence-corrected chi connectivity index (χ0v) is 18.3. The van der Waals surface area contributed by atoms with E-state index < -0.39 is 0 Å². The molecule has 0 bridgehead atoms. The molecule has 0 aliphatic carbocycles. The van der Waals surface area contributed by atoms with Gasteiger partial charge in [-0.3, -0.25) is 4.79 Å². The summed E-state index contributed by atoms with van der Waals surface area (Å²) in [4.78, 5) is 19.5. The highest BCUT2D eigenvalue weighted by atomic mass is 79.9. The van der Waals surface area contributed by atoms with Crippen molar-refractivity contribution in [2.24, 2.45) is 0 Å². The first-order valence-electron chi connectivity index (χ1n) is 9.28. The second-order valence-corrected chi connectivity index (χ2v) is 8.17. The number of halogens is 2. The summed E-state index contributed by atoms with van der Waals surface area (Å²) >= 11 is 9.83. The Hall–Kier alpha value is -1.59. The van der Waals surface area contributed by atoms with Crippen molar-refractivity contribution < 1.29 is 9.53 Å². The number of amides is 1. The van der Waals surface area contributed by atoms with E-state index in [2.05, 4.69) is 27.8 Å². The lowest BCUT2D eigenvalue weighted by Gasteiger charge is -2.30. The number of benzene rings is 1. The molecule has 0 N–H and O–H groups in total. The van der Waals surface area contributed by atoms with Gasteiger partial charge >= 0.3 is 0 Å². The van der Waals surface area contributed by atoms with Gasteiger partial charge < -0.3 is 9.64 Å². The molecule has 0 saturated carbocycles. The van der Waals surface area contributed by atoms with Crippen LogP contribution in [-0.2, 0) is 13.0 Å². The molecule has 1 aliphatic rings. The maximum atomic E-state index is 13.1. The van der Waals surface area contributed by atoms with Crippen molar-refractivity contribution in [1.29, 1.82) is 0 Å². The van der Waals surface area contributed by atoms with E-state index in [4.69, 9.17) is 16.3 Å². The number of carbonyl (C=O) groups excluding carboxylic acids is 1. The first kappa shape index (κ1) is 20.2. The monoisotopic (exact) mass is 450 g/mol. The van der Waals surface area contributed by atoms with Crippen molar-refractivity contribution >= 4 is 33.4 Å². The maximum Gasteiger partial charge on any atom is 0.256 e. The Morgan fingerprint density at radius 3 is 2.85 bits per heavy atom. The van der Waals surface area contributed by atoms with Crippen LogP contribution in [0.5, 0.6) is 5.88 Å². The summed E-state index contributed by atoms with van der Waals surface area (Å²) in [6, 6.07) is 5.91. The van der Waals surface area contributed by atoms with Crippen LogP contribution in [0.15, 0.2) is 22.7 Å². The minimum Gasteiger partial charge on any atom is -0.477 e. The molecule has 2 heterocycles. The normalized spacial score (nSPS) is 13.7. The number of carbonyl (C=O) groups is 1. The molecular formula is C21H24BrClN2O2. The zero-order valence-electron chi connectivity index (χ0n) is 15.9. The van der Waals surface area contributed by atoms with Crippen LogP contribution in [-0.4, -0.2) is 28.9 Å². The van der Waals surface area contributed by atoms with E-state index in [0.29, 0.717) is 36.2 Å². The number of hydrogen-bond donors (Lipinski definition) is 0. The molecule has 0 fully saturated rings. The first-order valence-corrected chi connectivity index (χ1v) is 10.5. The molecule has 0 saturated heterocycles. The summed E-state index contributed by atoms with van der Waals surface area (Å²) in [6.07, 6.45) is 2.83. The third-order valence-electron chi connectivity index (χ3n) is 4.86. The topological polar surface area (TPSA) is 42.4 Å². The van der Waals surface area contributed by atoms with E-state index in [1.807, 2.05) is 36.9 Å². The van der Waals surface area contributed by atoms with Gasteiger partial charge in [0.25, 0.3) is 5.91 Å². The number of fused-ring (bicyclic) bond motifs is 1. The lowest BCUT2D eigenvalue weighted by atomic mass is 9.98. The van der Waals surface area contributed by atoms with E-state index >= 15 is 0 Å².